The SMILES string of the molecule is O=C(O)/C=C/C(=O)Nc1ccc2c(c1)CCC2. The normalized spacial score (nSPS) is 13.6. The second-order valence-electron chi connectivity index (χ2n) is 4.00. The van der Waals surface area contributed by atoms with E-state index in [1.807, 2.05) is 18.2 Å². The summed E-state index contributed by atoms with van der Waals surface area (Å²) in [7, 11) is 0. The number of amides is 1. The van der Waals surface area contributed by atoms with E-state index in [1.54, 1.807) is 0 Å². The minimum Gasteiger partial charge on any atom is -0.478 e. The highest BCUT2D eigenvalue weighted by Crippen LogP contribution is 2.24. The van der Waals surface area contributed by atoms with Gasteiger partial charge in [-0.1, -0.05) is 6.07 Å². The average Bonchev–Trinajstić information content (AvgIpc) is 2.73. The van der Waals surface area contributed by atoms with Gasteiger partial charge in [-0.2, -0.15) is 0 Å². The van der Waals surface area contributed by atoms with Crippen molar-refractivity contribution in [3.05, 3.63) is 41.5 Å². The molecule has 2 N–H and O–H groups in total. The number of hydrogen-bond acceptors (Lipinski definition) is 2. The van der Waals surface area contributed by atoms with Crippen LogP contribution in [0.1, 0.15) is 17.5 Å². The van der Waals surface area contributed by atoms with Crippen LogP contribution in [0.3, 0.4) is 0 Å². The van der Waals surface area contributed by atoms with E-state index in [9.17, 15) is 9.59 Å². The Morgan fingerprint density at radius 2 is 1.94 bits per heavy atom. The average molecular weight is 231 g/mol. The van der Waals surface area contributed by atoms with Crippen LogP contribution in [0.4, 0.5) is 5.69 Å². The van der Waals surface area contributed by atoms with Gasteiger partial charge in [0.15, 0.2) is 0 Å². The molecular formula is C13H13NO3. The highest BCUT2D eigenvalue weighted by atomic mass is 16.4. The zero-order valence-electron chi connectivity index (χ0n) is 9.27. The van der Waals surface area contributed by atoms with E-state index in [2.05, 4.69) is 5.32 Å². The van der Waals surface area contributed by atoms with Gasteiger partial charge in [0.1, 0.15) is 0 Å². The zero-order valence-corrected chi connectivity index (χ0v) is 9.27. The van der Waals surface area contributed by atoms with E-state index in [4.69, 9.17) is 5.11 Å². The van der Waals surface area contributed by atoms with Crippen molar-refractivity contribution in [2.75, 3.05) is 5.32 Å². The van der Waals surface area contributed by atoms with Gasteiger partial charge in [0.05, 0.1) is 0 Å². The van der Waals surface area contributed by atoms with E-state index in [0.717, 1.165) is 31.4 Å². The predicted octanol–water partition coefficient (Wildman–Crippen LogP) is 1.75. The summed E-state index contributed by atoms with van der Waals surface area (Å²) in [6.45, 7) is 0. The number of aryl methyl sites for hydroxylation is 2. The number of aliphatic carboxylic acids is 1. The Morgan fingerprint density at radius 1 is 1.18 bits per heavy atom. The lowest BCUT2D eigenvalue weighted by Crippen LogP contribution is -2.08. The maximum absolute atomic E-state index is 11.4. The minimum absolute atomic E-state index is 0.426. The molecule has 0 aliphatic heterocycles. The van der Waals surface area contributed by atoms with Gasteiger partial charge >= 0.3 is 5.97 Å². The van der Waals surface area contributed by atoms with Gasteiger partial charge in [-0.15, -0.1) is 0 Å². The van der Waals surface area contributed by atoms with Gasteiger partial charge in [-0.05, 0) is 42.5 Å². The Balaban J connectivity index is 2.04. The predicted molar refractivity (Wildman–Crippen MR) is 63.9 cm³/mol. The van der Waals surface area contributed by atoms with Gasteiger partial charge in [0.25, 0.3) is 0 Å². The number of fused-ring (bicyclic) bond motifs is 1. The molecule has 4 heteroatoms. The summed E-state index contributed by atoms with van der Waals surface area (Å²) < 4.78 is 0. The number of hydrogen-bond donors (Lipinski definition) is 2. The van der Waals surface area contributed by atoms with Crippen LogP contribution in [0.5, 0.6) is 0 Å². The van der Waals surface area contributed by atoms with Crippen molar-refractivity contribution in [2.45, 2.75) is 19.3 Å². The summed E-state index contributed by atoms with van der Waals surface area (Å²) in [5, 5.41) is 11.0. The molecule has 2 rings (SSSR count). The molecule has 0 fully saturated rings. The third kappa shape index (κ3) is 2.93. The second kappa shape index (κ2) is 4.82. The van der Waals surface area contributed by atoms with E-state index in [1.165, 1.54) is 11.1 Å². The smallest absolute Gasteiger partial charge is 0.328 e. The standard InChI is InChI=1S/C13H13NO3/c15-12(6-7-13(16)17)14-11-5-4-9-2-1-3-10(9)8-11/h4-8H,1-3H2,(H,14,15)(H,16,17)/b7-6+. The van der Waals surface area contributed by atoms with Gasteiger partial charge in [-0.3, -0.25) is 4.79 Å². The molecule has 0 saturated heterocycles. The van der Waals surface area contributed by atoms with Gasteiger partial charge < -0.3 is 10.4 Å². The van der Waals surface area contributed by atoms with Crippen LogP contribution < -0.4 is 5.32 Å². The van der Waals surface area contributed by atoms with Gasteiger partial charge in [-0.25, -0.2) is 4.79 Å². The molecule has 0 radical (unpaired) electrons. The summed E-state index contributed by atoms with van der Waals surface area (Å²) in [5.74, 6) is -1.56. The Bertz CT molecular complexity index is 491. The Kier molecular flexibility index (Phi) is 3.23. The van der Waals surface area contributed by atoms with Crippen molar-refractivity contribution in [2.24, 2.45) is 0 Å². The van der Waals surface area contributed by atoms with Crippen LogP contribution >= 0.6 is 0 Å². The number of benzene rings is 1. The maximum Gasteiger partial charge on any atom is 0.328 e. The van der Waals surface area contributed by atoms with E-state index in [-0.39, 0.29) is 0 Å². The number of nitrogens with one attached hydrogen (secondary N) is 1. The Hall–Kier alpha value is -2.10. The maximum atomic E-state index is 11.4. The largest absolute Gasteiger partial charge is 0.478 e. The summed E-state index contributed by atoms with van der Waals surface area (Å²) in [6.07, 6.45) is 5.14. The summed E-state index contributed by atoms with van der Waals surface area (Å²) >= 11 is 0. The van der Waals surface area contributed by atoms with Crippen molar-refractivity contribution in [3.8, 4) is 0 Å². The summed E-state index contributed by atoms with van der Waals surface area (Å²) in [5.41, 5.74) is 3.32. The van der Waals surface area contributed by atoms with Crippen molar-refractivity contribution < 1.29 is 14.7 Å². The number of carboxylic acids is 1. The van der Waals surface area contributed by atoms with Crippen molar-refractivity contribution >= 4 is 17.6 Å². The second-order valence-corrected chi connectivity index (χ2v) is 4.00. The fourth-order valence-electron chi connectivity index (χ4n) is 1.98. The first-order chi connectivity index (χ1) is 8.15. The highest BCUT2D eigenvalue weighted by Gasteiger charge is 2.11. The zero-order chi connectivity index (χ0) is 12.3. The molecule has 0 atom stereocenters. The van der Waals surface area contributed by atoms with Gasteiger partial charge in [0, 0.05) is 17.8 Å². The van der Waals surface area contributed by atoms with Crippen LogP contribution in [0.25, 0.3) is 0 Å². The molecule has 0 spiro atoms. The lowest BCUT2D eigenvalue weighted by Gasteiger charge is -2.05. The van der Waals surface area contributed by atoms with Crippen LogP contribution in [0.2, 0.25) is 0 Å². The molecule has 1 aliphatic carbocycles. The fraction of sp³-hybridized carbons (Fsp3) is 0.231. The third-order valence-corrected chi connectivity index (χ3v) is 2.74. The van der Waals surface area contributed by atoms with Crippen LogP contribution in [-0.2, 0) is 22.4 Å². The lowest BCUT2D eigenvalue weighted by atomic mass is 10.1. The molecule has 0 aromatic heterocycles. The summed E-state index contributed by atoms with van der Waals surface area (Å²) in [6, 6.07) is 5.81. The lowest BCUT2D eigenvalue weighted by molar-refractivity contribution is -0.131. The third-order valence-electron chi connectivity index (χ3n) is 2.74. The molecule has 88 valence electrons. The number of rotatable bonds is 3. The molecule has 17 heavy (non-hydrogen) atoms. The molecule has 1 aliphatic rings. The molecule has 1 amide bonds. The van der Waals surface area contributed by atoms with E-state index in [0.29, 0.717) is 5.69 Å². The molecule has 0 bridgehead atoms. The quantitative estimate of drug-likeness (QED) is 0.779. The first-order valence-electron chi connectivity index (χ1n) is 5.49. The molecular weight excluding hydrogens is 218 g/mol. The molecule has 4 nitrogen and oxygen atoms in total. The van der Waals surface area contributed by atoms with Crippen molar-refractivity contribution in [1.29, 1.82) is 0 Å². The molecule has 0 unspecified atom stereocenters. The van der Waals surface area contributed by atoms with Crippen LogP contribution in [-0.4, -0.2) is 17.0 Å². The Morgan fingerprint density at radius 3 is 2.71 bits per heavy atom. The van der Waals surface area contributed by atoms with Crippen LogP contribution in [0.15, 0.2) is 30.4 Å². The number of carbonyl (C=O) groups excluding carboxylic acids is 1. The van der Waals surface area contributed by atoms with Crippen molar-refractivity contribution in [3.63, 3.8) is 0 Å². The van der Waals surface area contributed by atoms with Crippen LogP contribution in [0, 0.1) is 0 Å². The number of carbonyl (C=O) groups is 2. The first-order valence-corrected chi connectivity index (χ1v) is 5.49. The highest BCUT2D eigenvalue weighted by molar-refractivity contribution is 6.02. The van der Waals surface area contributed by atoms with E-state index < -0.39 is 11.9 Å². The molecule has 0 heterocycles. The monoisotopic (exact) mass is 231 g/mol. The molecule has 1 aromatic rings. The fourth-order valence-corrected chi connectivity index (χ4v) is 1.98. The van der Waals surface area contributed by atoms with E-state index >= 15 is 0 Å². The summed E-state index contributed by atoms with van der Waals surface area (Å²) in [4.78, 5) is 21.6. The minimum atomic E-state index is -1.13. The van der Waals surface area contributed by atoms with Crippen molar-refractivity contribution in [1.82, 2.24) is 0 Å². The van der Waals surface area contributed by atoms with Gasteiger partial charge in [0.2, 0.25) is 5.91 Å². The number of anilines is 1. The topological polar surface area (TPSA) is 66.4 Å². The first kappa shape index (κ1) is 11.4. The molecule has 0 saturated carbocycles. The number of carboxylic acid groups (broad SMARTS) is 1. The molecule has 1 aromatic carbocycles. The Labute approximate surface area is 99.0 Å².